The molecular weight excluding hydrogens is 368 g/mol. The molecule has 0 bridgehead atoms. The van der Waals surface area contributed by atoms with Crippen LogP contribution in [0.5, 0.6) is 11.5 Å². The first-order valence-electron chi connectivity index (χ1n) is 9.90. The number of hydrogen-bond donors (Lipinski definition) is 1. The predicted molar refractivity (Wildman–Crippen MR) is 114 cm³/mol. The minimum Gasteiger partial charge on any atom is -0.497 e. The molecule has 2 atom stereocenters. The summed E-state index contributed by atoms with van der Waals surface area (Å²) in [5, 5.41) is 2.90. The Morgan fingerprint density at radius 3 is 2.66 bits per heavy atom. The number of nitrogens with zero attached hydrogens (tertiary/aromatic N) is 1. The molecule has 2 amide bonds. The van der Waals surface area contributed by atoms with Crippen molar-refractivity contribution in [2.45, 2.75) is 32.6 Å². The van der Waals surface area contributed by atoms with Crippen molar-refractivity contribution in [2.24, 2.45) is 5.92 Å². The molecule has 0 spiro atoms. The summed E-state index contributed by atoms with van der Waals surface area (Å²) in [6, 6.07) is 13.2. The third-order valence-corrected chi connectivity index (χ3v) is 5.53. The average Bonchev–Trinajstić information content (AvgIpc) is 3.15. The van der Waals surface area contributed by atoms with Crippen molar-refractivity contribution < 1.29 is 19.1 Å². The molecule has 2 aromatic carbocycles. The van der Waals surface area contributed by atoms with Crippen molar-refractivity contribution in [3.63, 3.8) is 0 Å². The van der Waals surface area contributed by atoms with Crippen LogP contribution < -0.4 is 19.7 Å². The molecule has 6 nitrogen and oxygen atoms in total. The number of carbonyl (C=O) groups excluding carboxylic acids is 2. The van der Waals surface area contributed by atoms with Crippen molar-refractivity contribution in [2.75, 3.05) is 31.0 Å². The van der Waals surface area contributed by atoms with E-state index in [4.69, 9.17) is 9.47 Å². The first kappa shape index (κ1) is 20.7. The minimum atomic E-state index is -0.417. The largest absolute Gasteiger partial charge is 0.497 e. The van der Waals surface area contributed by atoms with E-state index in [0.717, 1.165) is 17.7 Å². The number of para-hydroxylation sites is 1. The molecule has 1 N–H and O–H groups in total. The van der Waals surface area contributed by atoms with Gasteiger partial charge in [-0.15, -0.1) is 0 Å². The van der Waals surface area contributed by atoms with Gasteiger partial charge in [-0.05, 0) is 36.1 Å². The third kappa shape index (κ3) is 4.36. The SMILES string of the molecule is CC[C@H](C)c1ccccc1N1C[C@@H](C(=O)Nc2ccc(OC)cc2OC)CC1=O. The first-order valence-corrected chi connectivity index (χ1v) is 9.90. The van der Waals surface area contributed by atoms with E-state index in [1.54, 1.807) is 30.2 Å². The summed E-state index contributed by atoms with van der Waals surface area (Å²) >= 11 is 0. The molecule has 0 unspecified atom stereocenters. The summed E-state index contributed by atoms with van der Waals surface area (Å²) in [7, 11) is 3.11. The summed E-state index contributed by atoms with van der Waals surface area (Å²) in [6.45, 7) is 4.65. The Morgan fingerprint density at radius 1 is 1.21 bits per heavy atom. The van der Waals surface area contributed by atoms with Crippen LogP contribution in [-0.4, -0.2) is 32.6 Å². The Morgan fingerprint density at radius 2 is 1.97 bits per heavy atom. The Bertz CT molecular complexity index is 896. The zero-order valence-electron chi connectivity index (χ0n) is 17.4. The summed E-state index contributed by atoms with van der Waals surface area (Å²) in [5.41, 5.74) is 2.61. The number of nitrogens with one attached hydrogen (secondary N) is 1. The normalized spacial score (nSPS) is 17.2. The smallest absolute Gasteiger partial charge is 0.229 e. The van der Waals surface area contributed by atoms with Gasteiger partial charge in [0.25, 0.3) is 0 Å². The number of hydrogen-bond acceptors (Lipinski definition) is 4. The molecule has 1 saturated heterocycles. The van der Waals surface area contributed by atoms with Crippen LogP contribution in [0.3, 0.4) is 0 Å². The number of amides is 2. The lowest BCUT2D eigenvalue weighted by molar-refractivity contribution is -0.122. The highest BCUT2D eigenvalue weighted by Gasteiger charge is 2.36. The second kappa shape index (κ2) is 8.99. The Hall–Kier alpha value is -3.02. The summed E-state index contributed by atoms with van der Waals surface area (Å²) in [6.07, 6.45) is 1.18. The van der Waals surface area contributed by atoms with Crippen LogP contribution in [0.15, 0.2) is 42.5 Å². The second-order valence-corrected chi connectivity index (χ2v) is 7.33. The lowest BCUT2D eigenvalue weighted by atomic mass is 9.96. The molecule has 154 valence electrons. The van der Waals surface area contributed by atoms with Crippen molar-refractivity contribution in [3.8, 4) is 11.5 Å². The van der Waals surface area contributed by atoms with Crippen molar-refractivity contribution in [1.29, 1.82) is 0 Å². The molecule has 0 saturated carbocycles. The van der Waals surface area contributed by atoms with E-state index >= 15 is 0 Å². The first-order chi connectivity index (χ1) is 14.0. The summed E-state index contributed by atoms with van der Waals surface area (Å²) in [4.78, 5) is 27.3. The van der Waals surface area contributed by atoms with Crippen molar-refractivity contribution >= 4 is 23.2 Å². The van der Waals surface area contributed by atoms with Gasteiger partial charge in [0, 0.05) is 24.7 Å². The molecule has 0 aliphatic carbocycles. The van der Waals surface area contributed by atoms with E-state index in [9.17, 15) is 9.59 Å². The van der Waals surface area contributed by atoms with Crippen LogP contribution in [0.2, 0.25) is 0 Å². The molecule has 3 rings (SSSR count). The molecule has 6 heteroatoms. The van der Waals surface area contributed by atoms with Crippen LogP contribution in [0.1, 0.15) is 38.2 Å². The lowest BCUT2D eigenvalue weighted by Crippen LogP contribution is -2.29. The van der Waals surface area contributed by atoms with Gasteiger partial charge in [-0.2, -0.15) is 0 Å². The molecule has 1 heterocycles. The van der Waals surface area contributed by atoms with E-state index in [-0.39, 0.29) is 18.2 Å². The van der Waals surface area contributed by atoms with Crippen LogP contribution in [-0.2, 0) is 9.59 Å². The maximum atomic E-state index is 12.9. The fourth-order valence-electron chi connectivity index (χ4n) is 3.62. The van der Waals surface area contributed by atoms with Crippen LogP contribution in [0.4, 0.5) is 11.4 Å². The van der Waals surface area contributed by atoms with Gasteiger partial charge in [0.15, 0.2) is 0 Å². The second-order valence-electron chi connectivity index (χ2n) is 7.33. The standard InChI is InChI=1S/C23H28N2O4/c1-5-15(2)18-8-6-7-9-20(18)25-14-16(12-22(25)26)23(27)24-19-11-10-17(28-3)13-21(19)29-4/h6-11,13,15-16H,5,12,14H2,1-4H3,(H,24,27)/t15-,16-/m0/s1. The Balaban J connectivity index is 1.77. The molecular formula is C23H28N2O4. The molecule has 29 heavy (non-hydrogen) atoms. The van der Waals surface area contributed by atoms with Gasteiger partial charge in [-0.25, -0.2) is 0 Å². The number of rotatable bonds is 7. The van der Waals surface area contributed by atoms with E-state index in [1.807, 2.05) is 18.2 Å². The maximum Gasteiger partial charge on any atom is 0.229 e. The topological polar surface area (TPSA) is 67.9 Å². The number of anilines is 2. The Kier molecular flexibility index (Phi) is 6.42. The Labute approximate surface area is 171 Å². The highest BCUT2D eigenvalue weighted by atomic mass is 16.5. The molecule has 0 radical (unpaired) electrons. The predicted octanol–water partition coefficient (Wildman–Crippen LogP) is 4.21. The zero-order valence-corrected chi connectivity index (χ0v) is 17.4. The van der Waals surface area contributed by atoms with E-state index < -0.39 is 5.92 Å². The van der Waals surface area contributed by atoms with Gasteiger partial charge in [-0.1, -0.05) is 32.0 Å². The van der Waals surface area contributed by atoms with Crippen LogP contribution >= 0.6 is 0 Å². The minimum absolute atomic E-state index is 0.0254. The maximum absolute atomic E-state index is 12.9. The number of ether oxygens (including phenoxy) is 2. The fourth-order valence-corrected chi connectivity index (χ4v) is 3.62. The van der Waals surface area contributed by atoms with Crippen molar-refractivity contribution in [3.05, 3.63) is 48.0 Å². The van der Waals surface area contributed by atoms with E-state index in [0.29, 0.717) is 29.6 Å². The van der Waals surface area contributed by atoms with E-state index in [2.05, 4.69) is 25.2 Å². The molecule has 0 aromatic heterocycles. The monoisotopic (exact) mass is 396 g/mol. The fraction of sp³-hybridized carbons (Fsp3) is 0.391. The number of carbonyl (C=O) groups is 2. The average molecular weight is 396 g/mol. The number of benzene rings is 2. The molecule has 2 aromatic rings. The van der Waals surface area contributed by atoms with Gasteiger partial charge in [0.1, 0.15) is 11.5 Å². The highest BCUT2D eigenvalue weighted by molar-refractivity contribution is 6.04. The quantitative estimate of drug-likeness (QED) is 0.761. The van der Waals surface area contributed by atoms with Gasteiger partial charge in [0.2, 0.25) is 11.8 Å². The van der Waals surface area contributed by atoms with Crippen LogP contribution in [0.25, 0.3) is 0 Å². The van der Waals surface area contributed by atoms with E-state index in [1.165, 1.54) is 7.11 Å². The van der Waals surface area contributed by atoms with Crippen LogP contribution in [0, 0.1) is 5.92 Å². The zero-order chi connectivity index (χ0) is 21.0. The molecule has 1 aliphatic rings. The molecule has 1 fully saturated rings. The van der Waals surface area contributed by atoms with Crippen molar-refractivity contribution in [1.82, 2.24) is 0 Å². The molecule has 1 aliphatic heterocycles. The highest BCUT2D eigenvalue weighted by Crippen LogP contribution is 2.34. The lowest BCUT2D eigenvalue weighted by Gasteiger charge is -2.23. The van der Waals surface area contributed by atoms with Gasteiger partial charge in [-0.3, -0.25) is 9.59 Å². The number of methoxy groups -OCH3 is 2. The third-order valence-electron chi connectivity index (χ3n) is 5.53. The summed E-state index contributed by atoms with van der Waals surface area (Å²) < 4.78 is 10.5. The summed E-state index contributed by atoms with van der Waals surface area (Å²) in [5.74, 6) is 0.868. The van der Waals surface area contributed by atoms with Gasteiger partial charge in [0.05, 0.1) is 25.8 Å². The van der Waals surface area contributed by atoms with Gasteiger partial charge >= 0.3 is 0 Å². The van der Waals surface area contributed by atoms with Gasteiger partial charge < -0.3 is 19.7 Å².